The molecule has 104 valence electrons. The summed E-state index contributed by atoms with van der Waals surface area (Å²) in [5.41, 5.74) is 7.81. The highest BCUT2D eigenvalue weighted by Gasteiger charge is 2.33. The number of carbonyl (C=O) groups excluding carboxylic acids is 1. The van der Waals surface area contributed by atoms with Gasteiger partial charge in [0.05, 0.1) is 17.4 Å². The van der Waals surface area contributed by atoms with Gasteiger partial charge in [0, 0.05) is 12.6 Å². The lowest BCUT2D eigenvalue weighted by Crippen LogP contribution is -2.33. The fraction of sp³-hybridized carbons (Fsp3) is 0.286. The van der Waals surface area contributed by atoms with E-state index in [1.54, 1.807) is 17.4 Å². The fourth-order valence-corrected chi connectivity index (χ4v) is 2.93. The van der Waals surface area contributed by atoms with Gasteiger partial charge < -0.3 is 10.6 Å². The van der Waals surface area contributed by atoms with Crippen molar-refractivity contribution < 1.29 is 4.79 Å². The molecule has 2 heterocycles. The van der Waals surface area contributed by atoms with Gasteiger partial charge >= 0.3 is 0 Å². The van der Waals surface area contributed by atoms with Crippen LogP contribution in [0.3, 0.4) is 0 Å². The minimum atomic E-state index is -0.0690. The number of nitrogens with zero attached hydrogens (tertiary/aromatic N) is 2. The topological polar surface area (TPSA) is 59.2 Å². The number of anilines is 1. The molecule has 0 aromatic carbocycles. The second-order valence-corrected chi connectivity index (χ2v) is 6.06. The SMILES string of the molecule is Nc1cnc(Cl)cc1C(=O)N(Cc1ccsc1)C1CC1. The van der Waals surface area contributed by atoms with E-state index < -0.39 is 0 Å². The molecule has 2 N–H and O–H groups in total. The highest BCUT2D eigenvalue weighted by atomic mass is 35.5. The van der Waals surface area contributed by atoms with Gasteiger partial charge in [-0.1, -0.05) is 11.6 Å². The van der Waals surface area contributed by atoms with Gasteiger partial charge in [-0.25, -0.2) is 4.98 Å². The second-order valence-electron chi connectivity index (χ2n) is 4.89. The molecule has 0 unspecified atom stereocenters. The third-order valence-corrected chi connectivity index (χ3v) is 4.25. The fourth-order valence-electron chi connectivity index (χ4n) is 2.11. The van der Waals surface area contributed by atoms with Gasteiger partial charge in [-0.3, -0.25) is 4.79 Å². The van der Waals surface area contributed by atoms with Crippen molar-refractivity contribution in [1.29, 1.82) is 0 Å². The van der Waals surface area contributed by atoms with E-state index in [1.807, 2.05) is 16.3 Å². The summed E-state index contributed by atoms with van der Waals surface area (Å²) in [7, 11) is 0. The number of hydrogen-bond acceptors (Lipinski definition) is 4. The Balaban J connectivity index is 1.87. The highest BCUT2D eigenvalue weighted by molar-refractivity contribution is 7.07. The second kappa shape index (κ2) is 5.42. The van der Waals surface area contributed by atoms with Crippen LogP contribution in [-0.4, -0.2) is 21.8 Å². The average molecular weight is 308 g/mol. The first-order valence-corrected chi connectivity index (χ1v) is 7.70. The molecule has 4 nitrogen and oxygen atoms in total. The van der Waals surface area contributed by atoms with Gasteiger partial charge in [-0.15, -0.1) is 0 Å². The van der Waals surface area contributed by atoms with Crippen LogP contribution in [0.1, 0.15) is 28.8 Å². The Morgan fingerprint density at radius 2 is 2.35 bits per heavy atom. The Kier molecular flexibility index (Phi) is 3.63. The third kappa shape index (κ3) is 2.78. The van der Waals surface area contributed by atoms with Crippen LogP contribution in [0.25, 0.3) is 0 Å². The summed E-state index contributed by atoms with van der Waals surface area (Å²) in [6, 6.07) is 3.90. The van der Waals surface area contributed by atoms with Crippen LogP contribution in [0, 0.1) is 0 Å². The van der Waals surface area contributed by atoms with Crippen LogP contribution in [-0.2, 0) is 6.54 Å². The average Bonchev–Trinajstić information content (AvgIpc) is 3.15. The number of pyridine rings is 1. The zero-order valence-corrected chi connectivity index (χ0v) is 12.3. The molecule has 1 saturated carbocycles. The Morgan fingerprint density at radius 3 is 3.00 bits per heavy atom. The molecule has 1 fully saturated rings. The quantitative estimate of drug-likeness (QED) is 0.883. The summed E-state index contributed by atoms with van der Waals surface area (Å²) in [6.45, 7) is 0.617. The van der Waals surface area contributed by atoms with E-state index in [2.05, 4.69) is 10.4 Å². The van der Waals surface area contributed by atoms with Crippen molar-refractivity contribution in [2.24, 2.45) is 0 Å². The molecule has 1 aliphatic rings. The van der Waals surface area contributed by atoms with Crippen molar-refractivity contribution in [2.45, 2.75) is 25.4 Å². The van der Waals surface area contributed by atoms with Crippen LogP contribution in [0.5, 0.6) is 0 Å². The number of rotatable bonds is 4. The van der Waals surface area contributed by atoms with Gasteiger partial charge in [0.1, 0.15) is 5.15 Å². The number of carbonyl (C=O) groups is 1. The van der Waals surface area contributed by atoms with Crippen molar-refractivity contribution in [3.63, 3.8) is 0 Å². The minimum Gasteiger partial charge on any atom is -0.397 e. The predicted molar refractivity (Wildman–Crippen MR) is 80.9 cm³/mol. The normalized spacial score (nSPS) is 14.2. The molecule has 20 heavy (non-hydrogen) atoms. The number of thiophene rings is 1. The first-order valence-electron chi connectivity index (χ1n) is 6.38. The zero-order valence-electron chi connectivity index (χ0n) is 10.8. The van der Waals surface area contributed by atoms with E-state index in [4.69, 9.17) is 17.3 Å². The predicted octanol–water partition coefficient (Wildman–Crippen LogP) is 3.18. The Morgan fingerprint density at radius 1 is 1.55 bits per heavy atom. The van der Waals surface area contributed by atoms with Crippen LogP contribution in [0.4, 0.5) is 5.69 Å². The number of nitrogens with two attached hydrogens (primary N) is 1. The zero-order chi connectivity index (χ0) is 14.1. The smallest absolute Gasteiger partial charge is 0.256 e. The van der Waals surface area contributed by atoms with Crippen molar-refractivity contribution in [1.82, 2.24) is 9.88 Å². The molecule has 1 aliphatic carbocycles. The lowest BCUT2D eigenvalue weighted by Gasteiger charge is -2.22. The standard InChI is InChI=1S/C14H14ClN3OS/c15-13-5-11(12(16)6-17-13)14(19)18(10-1-2-10)7-9-3-4-20-8-9/h3-6,8,10H,1-2,7,16H2. The maximum Gasteiger partial charge on any atom is 0.256 e. The van der Waals surface area contributed by atoms with Crippen molar-refractivity contribution in [3.8, 4) is 0 Å². The lowest BCUT2D eigenvalue weighted by molar-refractivity contribution is 0.0731. The maximum atomic E-state index is 12.7. The minimum absolute atomic E-state index is 0.0690. The molecular formula is C14H14ClN3OS. The first kappa shape index (κ1) is 13.4. The largest absolute Gasteiger partial charge is 0.397 e. The van der Waals surface area contributed by atoms with Crippen molar-refractivity contribution in [3.05, 3.63) is 45.4 Å². The summed E-state index contributed by atoms with van der Waals surface area (Å²) in [5.74, 6) is -0.0690. The molecule has 1 amide bonds. The van der Waals surface area contributed by atoms with Gasteiger partial charge in [0.25, 0.3) is 5.91 Å². The molecular weight excluding hydrogens is 294 g/mol. The Bertz CT molecular complexity index is 625. The van der Waals surface area contributed by atoms with Gasteiger partial charge in [0.2, 0.25) is 0 Å². The van der Waals surface area contributed by atoms with E-state index in [0.717, 1.165) is 18.4 Å². The Labute approximate surface area is 126 Å². The Hall–Kier alpha value is -1.59. The number of hydrogen-bond donors (Lipinski definition) is 1. The van der Waals surface area contributed by atoms with Crippen LogP contribution in [0.2, 0.25) is 5.15 Å². The summed E-state index contributed by atoms with van der Waals surface area (Å²) in [5, 5.41) is 4.36. The molecule has 3 rings (SSSR count). The van der Waals surface area contributed by atoms with Gasteiger partial charge in [-0.05, 0) is 41.3 Å². The van der Waals surface area contributed by atoms with Gasteiger partial charge in [0.15, 0.2) is 0 Å². The highest BCUT2D eigenvalue weighted by Crippen LogP contribution is 2.31. The molecule has 0 atom stereocenters. The van der Waals surface area contributed by atoms with Crippen molar-refractivity contribution >= 4 is 34.5 Å². The lowest BCUT2D eigenvalue weighted by atomic mass is 10.2. The molecule has 0 radical (unpaired) electrons. The number of nitrogen functional groups attached to an aromatic ring is 1. The molecule has 0 saturated heterocycles. The molecule has 0 bridgehead atoms. The molecule has 6 heteroatoms. The summed E-state index contributed by atoms with van der Waals surface area (Å²) in [6.07, 6.45) is 3.54. The third-order valence-electron chi connectivity index (χ3n) is 3.31. The van der Waals surface area contributed by atoms with Crippen LogP contribution < -0.4 is 5.73 Å². The molecule has 0 spiro atoms. The summed E-state index contributed by atoms with van der Waals surface area (Å²) < 4.78 is 0. The number of aromatic nitrogens is 1. The maximum absolute atomic E-state index is 12.7. The van der Waals surface area contributed by atoms with Crippen LogP contribution in [0.15, 0.2) is 29.1 Å². The first-order chi connectivity index (χ1) is 9.65. The van der Waals surface area contributed by atoms with E-state index in [-0.39, 0.29) is 11.1 Å². The van der Waals surface area contributed by atoms with E-state index >= 15 is 0 Å². The van der Waals surface area contributed by atoms with E-state index in [0.29, 0.717) is 23.8 Å². The molecule has 2 aromatic heterocycles. The molecule has 2 aromatic rings. The number of amides is 1. The monoisotopic (exact) mass is 307 g/mol. The van der Waals surface area contributed by atoms with Crippen molar-refractivity contribution in [2.75, 3.05) is 5.73 Å². The number of halogens is 1. The summed E-state index contributed by atoms with van der Waals surface area (Å²) in [4.78, 5) is 18.5. The van der Waals surface area contributed by atoms with Crippen LogP contribution >= 0.6 is 22.9 Å². The molecule has 0 aliphatic heterocycles. The van der Waals surface area contributed by atoms with Gasteiger partial charge in [-0.2, -0.15) is 11.3 Å². The van der Waals surface area contributed by atoms with E-state index in [1.165, 1.54) is 6.20 Å². The van der Waals surface area contributed by atoms with E-state index in [9.17, 15) is 4.79 Å². The summed E-state index contributed by atoms with van der Waals surface area (Å²) >= 11 is 7.50.